The van der Waals surface area contributed by atoms with Crippen molar-refractivity contribution < 1.29 is 26.8 Å². The molecule has 0 radical (unpaired) electrons. The third-order valence-electron chi connectivity index (χ3n) is 5.73. The molecular weight excluding hydrogens is 493 g/mol. The van der Waals surface area contributed by atoms with Crippen LogP contribution < -0.4 is 4.90 Å². The molecule has 186 valence electrons. The maximum Gasteiger partial charge on any atom is 0.324 e. The zero-order valence-electron chi connectivity index (χ0n) is 18.9. The molecular formula is C25H21F3N4O3S. The van der Waals surface area contributed by atoms with Gasteiger partial charge in [0.25, 0.3) is 5.89 Å². The standard InChI is InChI=1S/C25H21F3N4O3S/c26-20-14-17(23-29-30-24(35-23)22(27)28)6-7-18(20)15-32(25(33)31-8-11-36-12-9-31)19-4-1-3-16(13-19)21-5-2-10-34-21/h1-7,10,13-14,22H,8-9,11-12,15H2. The summed E-state index contributed by atoms with van der Waals surface area (Å²) in [6.07, 6.45) is -1.35. The zero-order valence-corrected chi connectivity index (χ0v) is 19.8. The number of rotatable bonds is 6. The van der Waals surface area contributed by atoms with Gasteiger partial charge < -0.3 is 13.7 Å². The molecule has 2 aromatic carbocycles. The molecule has 2 aromatic heterocycles. The number of amides is 2. The Bertz CT molecular complexity index is 1340. The summed E-state index contributed by atoms with van der Waals surface area (Å²) < 4.78 is 51.1. The minimum atomic E-state index is -2.92. The molecule has 4 aromatic rings. The van der Waals surface area contributed by atoms with E-state index in [1.807, 2.05) is 24.3 Å². The first-order valence-electron chi connectivity index (χ1n) is 11.2. The average molecular weight is 515 g/mol. The number of aromatic nitrogens is 2. The maximum absolute atomic E-state index is 15.2. The van der Waals surface area contributed by atoms with Crippen LogP contribution in [-0.4, -0.2) is 45.7 Å². The van der Waals surface area contributed by atoms with Crippen LogP contribution >= 0.6 is 11.8 Å². The lowest BCUT2D eigenvalue weighted by Gasteiger charge is -2.33. The fourth-order valence-electron chi connectivity index (χ4n) is 3.88. The highest BCUT2D eigenvalue weighted by Gasteiger charge is 2.26. The van der Waals surface area contributed by atoms with Gasteiger partial charge >= 0.3 is 12.5 Å². The first-order valence-corrected chi connectivity index (χ1v) is 12.3. The molecule has 0 atom stereocenters. The van der Waals surface area contributed by atoms with Crippen molar-refractivity contribution in [3.05, 3.63) is 78.1 Å². The third kappa shape index (κ3) is 5.11. The summed E-state index contributed by atoms with van der Waals surface area (Å²) in [5.41, 5.74) is 1.79. The number of hydrogen-bond acceptors (Lipinski definition) is 6. The Balaban J connectivity index is 1.46. The smallest absolute Gasteiger partial charge is 0.324 e. The molecule has 5 rings (SSSR count). The van der Waals surface area contributed by atoms with Crippen LogP contribution in [0.3, 0.4) is 0 Å². The molecule has 1 saturated heterocycles. The van der Waals surface area contributed by atoms with Crippen LogP contribution in [0, 0.1) is 5.82 Å². The topological polar surface area (TPSA) is 75.6 Å². The van der Waals surface area contributed by atoms with Crippen molar-refractivity contribution in [2.75, 3.05) is 29.5 Å². The van der Waals surface area contributed by atoms with Crippen LogP contribution in [0.4, 0.5) is 23.7 Å². The van der Waals surface area contributed by atoms with Gasteiger partial charge in [-0.25, -0.2) is 9.18 Å². The van der Waals surface area contributed by atoms with Gasteiger partial charge in [0.05, 0.1) is 12.8 Å². The summed E-state index contributed by atoms with van der Waals surface area (Å²) in [6, 6.07) is 14.8. The Kier molecular flexibility index (Phi) is 6.99. The van der Waals surface area contributed by atoms with Gasteiger partial charge in [-0.05, 0) is 36.4 Å². The number of furan rings is 1. The predicted molar refractivity (Wildman–Crippen MR) is 129 cm³/mol. The summed E-state index contributed by atoms with van der Waals surface area (Å²) in [6.45, 7) is 1.16. The fourth-order valence-corrected chi connectivity index (χ4v) is 4.79. The molecule has 0 saturated carbocycles. The van der Waals surface area contributed by atoms with Gasteiger partial charge in [0.15, 0.2) is 0 Å². The van der Waals surface area contributed by atoms with E-state index < -0.39 is 18.1 Å². The second kappa shape index (κ2) is 10.5. The van der Waals surface area contributed by atoms with E-state index >= 15 is 4.39 Å². The van der Waals surface area contributed by atoms with Crippen molar-refractivity contribution in [1.29, 1.82) is 0 Å². The van der Waals surface area contributed by atoms with Crippen molar-refractivity contribution >= 4 is 23.5 Å². The first-order chi connectivity index (χ1) is 17.5. The number of anilines is 1. The van der Waals surface area contributed by atoms with E-state index in [2.05, 4.69) is 10.2 Å². The highest BCUT2D eigenvalue weighted by molar-refractivity contribution is 7.99. The van der Waals surface area contributed by atoms with E-state index in [1.54, 1.807) is 35.1 Å². The van der Waals surface area contributed by atoms with Gasteiger partial charge in [-0.15, -0.1) is 10.2 Å². The van der Waals surface area contributed by atoms with E-state index in [9.17, 15) is 13.6 Å². The lowest BCUT2D eigenvalue weighted by atomic mass is 10.1. The van der Waals surface area contributed by atoms with Gasteiger partial charge in [-0.3, -0.25) is 4.90 Å². The van der Waals surface area contributed by atoms with Crippen molar-refractivity contribution in [3.63, 3.8) is 0 Å². The Hall–Kier alpha value is -3.73. The van der Waals surface area contributed by atoms with Crippen LogP contribution in [0.15, 0.2) is 69.7 Å². The average Bonchev–Trinajstić information content (AvgIpc) is 3.61. The van der Waals surface area contributed by atoms with Crippen molar-refractivity contribution in [2.24, 2.45) is 0 Å². The van der Waals surface area contributed by atoms with E-state index in [1.165, 1.54) is 17.0 Å². The summed E-state index contributed by atoms with van der Waals surface area (Å²) in [4.78, 5) is 16.8. The summed E-state index contributed by atoms with van der Waals surface area (Å²) in [5.74, 6) is 0.651. The molecule has 1 aliphatic heterocycles. The van der Waals surface area contributed by atoms with E-state index in [4.69, 9.17) is 8.83 Å². The molecule has 3 heterocycles. The minimum absolute atomic E-state index is 0.0394. The van der Waals surface area contributed by atoms with Crippen molar-refractivity contribution in [3.8, 4) is 22.8 Å². The van der Waals surface area contributed by atoms with Crippen molar-refractivity contribution in [1.82, 2.24) is 15.1 Å². The number of carbonyl (C=O) groups excluding carboxylic acids is 1. The number of alkyl halides is 2. The second-order valence-electron chi connectivity index (χ2n) is 8.05. The van der Waals surface area contributed by atoms with E-state index in [0.717, 1.165) is 23.1 Å². The predicted octanol–water partition coefficient (Wildman–Crippen LogP) is 6.25. The quantitative estimate of drug-likeness (QED) is 0.303. The molecule has 0 aliphatic carbocycles. The summed E-state index contributed by atoms with van der Waals surface area (Å²) in [5, 5.41) is 6.84. The lowest BCUT2D eigenvalue weighted by molar-refractivity contribution is 0.116. The van der Waals surface area contributed by atoms with Crippen LogP contribution in [0.2, 0.25) is 0 Å². The zero-order chi connectivity index (χ0) is 25.1. The lowest BCUT2D eigenvalue weighted by Crippen LogP contribution is -2.46. The third-order valence-corrected chi connectivity index (χ3v) is 6.67. The van der Waals surface area contributed by atoms with E-state index in [0.29, 0.717) is 24.5 Å². The molecule has 0 N–H and O–H groups in total. The highest BCUT2D eigenvalue weighted by Crippen LogP contribution is 2.29. The van der Waals surface area contributed by atoms with Crippen LogP contribution in [0.1, 0.15) is 17.9 Å². The van der Waals surface area contributed by atoms with Gasteiger partial charge in [0, 0.05) is 47.0 Å². The Morgan fingerprint density at radius 2 is 1.89 bits per heavy atom. The largest absolute Gasteiger partial charge is 0.464 e. The number of thioether (sulfide) groups is 1. The molecule has 0 bridgehead atoms. The molecule has 0 spiro atoms. The number of hydrogen-bond donors (Lipinski definition) is 0. The molecule has 1 fully saturated rings. The molecule has 7 nitrogen and oxygen atoms in total. The Morgan fingerprint density at radius 1 is 1.06 bits per heavy atom. The molecule has 1 aliphatic rings. The monoisotopic (exact) mass is 514 g/mol. The van der Waals surface area contributed by atoms with Gasteiger partial charge in [-0.1, -0.05) is 18.2 Å². The molecule has 11 heteroatoms. The minimum Gasteiger partial charge on any atom is -0.464 e. The van der Waals surface area contributed by atoms with Gasteiger partial charge in [-0.2, -0.15) is 20.5 Å². The van der Waals surface area contributed by atoms with Crippen LogP contribution in [0.5, 0.6) is 0 Å². The number of carbonyl (C=O) groups is 1. The van der Waals surface area contributed by atoms with E-state index in [-0.39, 0.29) is 29.6 Å². The van der Waals surface area contributed by atoms with Crippen LogP contribution in [0.25, 0.3) is 22.8 Å². The van der Waals surface area contributed by atoms with Crippen molar-refractivity contribution in [2.45, 2.75) is 13.0 Å². The first kappa shape index (κ1) is 24.0. The summed E-state index contributed by atoms with van der Waals surface area (Å²) >= 11 is 1.78. The Morgan fingerprint density at radius 3 is 2.58 bits per heavy atom. The number of halogens is 3. The molecule has 0 unspecified atom stereocenters. The number of nitrogens with zero attached hydrogens (tertiary/aromatic N) is 4. The van der Waals surface area contributed by atoms with Gasteiger partial charge in [0.1, 0.15) is 11.6 Å². The summed E-state index contributed by atoms with van der Waals surface area (Å²) in [7, 11) is 0. The normalized spacial score (nSPS) is 13.8. The molecule has 2 amide bonds. The highest BCUT2D eigenvalue weighted by atomic mass is 32.2. The van der Waals surface area contributed by atoms with Crippen LogP contribution in [-0.2, 0) is 6.54 Å². The maximum atomic E-state index is 15.2. The number of benzene rings is 2. The second-order valence-corrected chi connectivity index (χ2v) is 9.27. The molecule has 36 heavy (non-hydrogen) atoms. The number of urea groups is 1. The van der Waals surface area contributed by atoms with Gasteiger partial charge in [0.2, 0.25) is 5.89 Å². The fraction of sp³-hybridized carbons (Fsp3) is 0.240. The SMILES string of the molecule is O=C(N1CCSCC1)N(Cc1ccc(-c2nnc(C(F)F)o2)cc1F)c1cccc(-c2ccco2)c1. The Labute approximate surface area is 208 Å².